The van der Waals surface area contributed by atoms with Gasteiger partial charge < -0.3 is 19.7 Å². The highest BCUT2D eigenvalue weighted by Crippen LogP contribution is 2.29. The quantitative estimate of drug-likeness (QED) is 0.897. The van der Waals surface area contributed by atoms with Gasteiger partial charge in [0.25, 0.3) is 0 Å². The summed E-state index contributed by atoms with van der Waals surface area (Å²) in [4.78, 5) is 17.4. The molecule has 5 heteroatoms. The fraction of sp³-hybridized carbons (Fsp3) is 0.438. The second kappa shape index (κ2) is 5.77. The van der Waals surface area contributed by atoms with E-state index in [0.717, 1.165) is 35.2 Å². The molecule has 0 radical (unpaired) electrons. The molecule has 1 atom stereocenters. The van der Waals surface area contributed by atoms with Gasteiger partial charge in [0, 0.05) is 42.7 Å². The van der Waals surface area contributed by atoms with E-state index in [9.17, 15) is 9.90 Å². The van der Waals surface area contributed by atoms with Crippen molar-refractivity contribution in [2.75, 3.05) is 26.8 Å². The Morgan fingerprint density at radius 2 is 2.38 bits per heavy atom. The Balaban J connectivity index is 1.80. The molecule has 1 fully saturated rings. The van der Waals surface area contributed by atoms with Crippen LogP contribution in [-0.4, -0.2) is 47.7 Å². The van der Waals surface area contributed by atoms with Crippen molar-refractivity contribution >= 4 is 16.8 Å². The molecule has 5 nitrogen and oxygen atoms in total. The standard InChI is InChI=1S/C16H20N2O3/c1-21-14-4-2-3-13-16(14)12(8-17-13)7-15(20)18-6-5-11(9-18)10-19/h2-4,8,11,17,19H,5-7,9-10H2,1H3. The lowest BCUT2D eigenvalue weighted by Crippen LogP contribution is -2.30. The molecule has 2 N–H and O–H groups in total. The molecule has 2 aromatic rings. The largest absolute Gasteiger partial charge is 0.496 e. The monoisotopic (exact) mass is 288 g/mol. The number of hydrogen-bond donors (Lipinski definition) is 2. The van der Waals surface area contributed by atoms with E-state index in [1.165, 1.54) is 0 Å². The van der Waals surface area contributed by atoms with Gasteiger partial charge in [0.05, 0.1) is 13.5 Å². The summed E-state index contributed by atoms with van der Waals surface area (Å²) >= 11 is 0. The minimum atomic E-state index is 0.109. The number of likely N-dealkylation sites (tertiary alicyclic amines) is 1. The number of H-pyrrole nitrogens is 1. The lowest BCUT2D eigenvalue weighted by Gasteiger charge is -2.16. The average Bonchev–Trinajstić information content (AvgIpc) is 3.14. The number of carbonyl (C=O) groups excluding carboxylic acids is 1. The summed E-state index contributed by atoms with van der Waals surface area (Å²) in [5.74, 6) is 1.12. The lowest BCUT2D eigenvalue weighted by molar-refractivity contribution is -0.129. The molecule has 1 aromatic carbocycles. The molecule has 3 rings (SSSR count). The normalized spacial score (nSPS) is 18.4. The molecule has 1 aliphatic heterocycles. The van der Waals surface area contributed by atoms with Crippen LogP contribution in [0.2, 0.25) is 0 Å². The number of ether oxygens (including phenoxy) is 1. The van der Waals surface area contributed by atoms with Gasteiger partial charge in [0.1, 0.15) is 5.75 Å². The maximum absolute atomic E-state index is 12.4. The third-order valence-electron chi connectivity index (χ3n) is 4.21. The number of rotatable bonds is 4. The molecular weight excluding hydrogens is 268 g/mol. The van der Waals surface area contributed by atoms with Crippen LogP contribution in [0.15, 0.2) is 24.4 Å². The van der Waals surface area contributed by atoms with Gasteiger partial charge in [-0.25, -0.2) is 0 Å². The Bertz CT molecular complexity index is 650. The Hall–Kier alpha value is -2.01. The van der Waals surface area contributed by atoms with Crippen molar-refractivity contribution in [2.45, 2.75) is 12.8 Å². The number of fused-ring (bicyclic) bond motifs is 1. The Morgan fingerprint density at radius 3 is 3.10 bits per heavy atom. The Morgan fingerprint density at radius 1 is 1.52 bits per heavy atom. The van der Waals surface area contributed by atoms with Crippen molar-refractivity contribution < 1.29 is 14.6 Å². The van der Waals surface area contributed by atoms with Crippen molar-refractivity contribution in [2.24, 2.45) is 5.92 Å². The fourth-order valence-electron chi connectivity index (χ4n) is 3.01. The van der Waals surface area contributed by atoms with Gasteiger partial charge in [0.15, 0.2) is 0 Å². The highest BCUT2D eigenvalue weighted by molar-refractivity contribution is 5.93. The molecule has 1 unspecified atom stereocenters. The van der Waals surface area contributed by atoms with Crippen LogP contribution < -0.4 is 4.74 Å². The zero-order chi connectivity index (χ0) is 14.8. The molecule has 112 valence electrons. The van der Waals surface area contributed by atoms with Gasteiger partial charge in [-0.05, 0) is 24.1 Å². The predicted molar refractivity (Wildman–Crippen MR) is 80.3 cm³/mol. The molecule has 0 aliphatic carbocycles. The molecule has 2 heterocycles. The highest BCUT2D eigenvalue weighted by Gasteiger charge is 2.26. The van der Waals surface area contributed by atoms with E-state index in [4.69, 9.17) is 4.74 Å². The van der Waals surface area contributed by atoms with Crippen LogP contribution in [0.25, 0.3) is 10.9 Å². The van der Waals surface area contributed by atoms with Crippen LogP contribution in [0, 0.1) is 5.92 Å². The maximum atomic E-state index is 12.4. The highest BCUT2D eigenvalue weighted by atomic mass is 16.5. The van der Waals surface area contributed by atoms with Crippen molar-refractivity contribution in [3.05, 3.63) is 30.0 Å². The van der Waals surface area contributed by atoms with Crippen molar-refractivity contribution in [3.8, 4) is 5.75 Å². The zero-order valence-electron chi connectivity index (χ0n) is 12.1. The van der Waals surface area contributed by atoms with Gasteiger partial charge in [-0.3, -0.25) is 4.79 Å². The van der Waals surface area contributed by atoms with Gasteiger partial charge in [-0.15, -0.1) is 0 Å². The number of aromatic amines is 1. The van der Waals surface area contributed by atoms with E-state index in [-0.39, 0.29) is 18.4 Å². The van der Waals surface area contributed by atoms with Crippen molar-refractivity contribution in [1.29, 1.82) is 0 Å². The number of methoxy groups -OCH3 is 1. The number of aliphatic hydroxyl groups excluding tert-OH is 1. The third kappa shape index (κ3) is 2.61. The first kappa shape index (κ1) is 13.9. The molecular formula is C16H20N2O3. The summed E-state index contributed by atoms with van der Waals surface area (Å²) < 4.78 is 5.39. The Labute approximate surface area is 123 Å². The molecule has 1 amide bonds. The van der Waals surface area contributed by atoms with Crippen LogP contribution in [0.4, 0.5) is 0 Å². The van der Waals surface area contributed by atoms with Crippen LogP contribution in [-0.2, 0) is 11.2 Å². The Kier molecular flexibility index (Phi) is 3.84. The smallest absolute Gasteiger partial charge is 0.227 e. The molecule has 0 bridgehead atoms. The summed E-state index contributed by atoms with van der Waals surface area (Å²) in [6, 6.07) is 5.81. The van der Waals surface area contributed by atoms with Gasteiger partial charge in [0.2, 0.25) is 5.91 Å². The second-order valence-electron chi connectivity index (χ2n) is 5.55. The number of amides is 1. The first-order valence-electron chi connectivity index (χ1n) is 7.24. The first-order valence-corrected chi connectivity index (χ1v) is 7.24. The van der Waals surface area contributed by atoms with Crippen molar-refractivity contribution in [1.82, 2.24) is 9.88 Å². The number of aliphatic hydroxyl groups is 1. The molecule has 0 saturated carbocycles. The summed E-state index contributed by atoms with van der Waals surface area (Å²) in [6.45, 7) is 1.56. The fourth-order valence-corrected chi connectivity index (χ4v) is 3.01. The minimum Gasteiger partial charge on any atom is -0.496 e. The van der Waals surface area contributed by atoms with Gasteiger partial charge in [-0.1, -0.05) is 6.07 Å². The summed E-state index contributed by atoms with van der Waals surface area (Å²) in [7, 11) is 1.64. The molecule has 1 aromatic heterocycles. The number of carbonyl (C=O) groups is 1. The van der Waals surface area contributed by atoms with Gasteiger partial charge in [-0.2, -0.15) is 0 Å². The molecule has 21 heavy (non-hydrogen) atoms. The van der Waals surface area contributed by atoms with E-state index in [1.807, 2.05) is 29.3 Å². The lowest BCUT2D eigenvalue weighted by atomic mass is 10.1. The van der Waals surface area contributed by atoms with E-state index in [1.54, 1.807) is 7.11 Å². The number of nitrogens with one attached hydrogen (secondary N) is 1. The van der Waals surface area contributed by atoms with Gasteiger partial charge >= 0.3 is 0 Å². The van der Waals surface area contributed by atoms with Crippen molar-refractivity contribution in [3.63, 3.8) is 0 Å². The maximum Gasteiger partial charge on any atom is 0.227 e. The van der Waals surface area contributed by atoms with E-state index >= 15 is 0 Å². The second-order valence-corrected chi connectivity index (χ2v) is 5.55. The number of hydrogen-bond acceptors (Lipinski definition) is 3. The summed E-state index contributed by atoms with van der Waals surface area (Å²) in [5, 5.41) is 10.2. The van der Waals surface area contributed by atoms with Crippen LogP contribution >= 0.6 is 0 Å². The van der Waals surface area contributed by atoms with E-state index < -0.39 is 0 Å². The third-order valence-corrected chi connectivity index (χ3v) is 4.21. The van der Waals surface area contributed by atoms with Crippen LogP contribution in [0.5, 0.6) is 5.75 Å². The SMILES string of the molecule is COc1cccc2[nH]cc(CC(=O)N3CCC(CO)C3)c12. The molecule has 1 aliphatic rings. The van der Waals surface area contributed by atoms with Crippen LogP contribution in [0.1, 0.15) is 12.0 Å². The number of benzene rings is 1. The van der Waals surface area contributed by atoms with E-state index in [0.29, 0.717) is 13.0 Å². The average molecular weight is 288 g/mol. The number of aromatic nitrogens is 1. The molecule has 1 saturated heterocycles. The van der Waals surface area contributed by atoms with E-state index in [2.05, 4.69) is 4.98 Å². The predicted octanol–water partition coefficient (Wildman–Crippen LogP) is 1.56. The first-order chi connectivity index (χ1) is 10.2. The number of nitrogens with zero attached hydrogens (tertiary/aromatic N) is 1. The summed E-state index contributed by atoms with van der Waals surface area (Å²) in [5.41, 5.74) is 1.94. The zero-order valence-corrected chi connectivity index (χ0v) is 12.1. The summed E-state index contributed by atoms with van der Waals surface area (Å²) in [6.07, 6.45) is 3.13. The minimum absolute atomic E-state index is 0.109. The van der Waals surface area contributed by atoms with Crippen LogP contribution in [0.3, 0.4) is 0 Å². The molecule has 0 spiro atoms. The topological polar surface area (TPSA) is 65.6 Å².